The first kappa shape index (κ1) is 12.2. The van der Waals surface area contributed by atoms with Crippen molar-refractivity contribution in [3.63, 3.8) is 0 Å². The summed E-state index contributed by atoms with van der Waals surface area (Å²) >= 11 is 0. The minimum absolute atomic E-state index is 0.206. The number of allylic oxidation sites excluding steroid dienone is 1. The molecule has 0 aliphatic heterocycles. The van der Waals surface area contributed by atoms with Crippen LogP contribution >= 0.6 is 0 Å². The van der Waals surface area contributed by atoms with Crippen LogP contribution in [0.3, 0.4) is 0 Å². The highest BCUT2D eigenvalue weighted by atomic mass is 16.6. The van der Waals surface area contributed by atoms with Gasteiger partial charge in [0, 0.05) is 12.0 Å². The molecule has 0 aromatic heterocycles. The number of carbonyl (C=O) groups is 1. The van der Waals surface area contributed by atoms with E-state index in [1.54, 1.807) is 13.0 Å². The number of hydrogen-bond donors (Lipinski definition) is 1. The van der Waals surface area contributed by atoms with Gasteiger partial charge in [-0.1, -0.05) is 6.08 Å². The molecule has 18 heavy (non-hydrogen) atoms. The Morgan fingerprint density at radius 1 is 1.28 bits per heavy atom. The lowest BCUT2D eigenvalue weighted by Gasteiger charge is -2.59. The lowest BCUT2D eigenvalue weighted by atomic mass is 9.52. The van der Waals surface area contributed by atoms with Crippen molar-refractivity contribution < 1.29 is 14.6 Å². The maximum Gasteiger partial charge on any atom is 0.333 e. The van der Waals surface area contributed by atoms with E-state index < -0.39 is 5.60 Å². The number of carbonyl (C=O) groups excluding carboxylic acids is 1. The van der Waals surface area contributed by atoms with Crippen molar-refractivity contribution in [1.29, 1.82) is 0 Å². The van der Waals surface area contributed by atoms with Crippen molar-refractivity contribution in [2.24, 2.45) is 11.8 Å². The molecule has 2 atom stereocenters. The van der Waals surface area contributed by atoms with Crippen LogP contribution in [0.2, 0.25) is 0 Å². The summed E-state index contributed by atoms with van der Waals surface area (Å²) in [5.41, 5.74) is -0.272. The van der Waals surface area contributed by atoms with E-state index in [-0.39, 0.29) is 11.6 Å². The van der Waals surface area contributed by atoms with E-state index in [1.807, 2.05) is 6.92 Å². The van der Waals surface area contributed by atoms with E-state index >= 15 is 0 Å². The van der Waals surface area contributed by atoms with Gasteiger partial charge in [0.05, 0.1) is 5.60 Å². The third-order valence-electron chi connectivity index (χ3n) is 5.04. The Hall–Kier alpha value is -0.830. The van der Waals surface area contributed by atoms with Crippen LogP contribution in [-0.4, -0.2) is 22.3 Å². The summed E-state index contributed by atoms with van der Waals surface area (Å²) < 4.78 is 5.80. The van der Waals surface area contributed by atoms with Gasteiger partial charge in [-0.05, 0) is 57.8 Å². The predicted octanol–water partition coefficient (Wildman–Crippen LogP) is 2.58. The first-order valence-electron chi connectivity index (χ1n) is 7.02. The molecule has 0 spiro atoms. The van der Waals surface area contributed by atoms with Crippen LogP contribution in [0.25, 0.3) is 0 Å². The summed E-state index contributed by atoms with van der Waals surface area (Å²) in [6.07, 6.45) is 7.37. The summed E-state index contributed by atoms with van der Waals surface area (Å²) in [6, 6.07) is 0. The Balaban J connectivity index is 1.81. The van der Waals surface area contributed by atoms with E-state index in [1.165, 1.54) is 6.42 Å². The fourth-order valence-electron chi connectivity index (χ4n) is 4.65. The van der Waals surface area contributed by atoms with Gasteiger partial charge in [-0.15, -0.1) is 0 Å². The molecule has 100 valence electrons. The molecular formula is C15H22O3. The van der Waals surface area contributed by atoms with E-state index in [4.69, 9.17) is 4.74 Å². The van der Waals surface area contributed by atoms with Gasteiger partial charge in [0.2, 0.25) is 0 Å². The zero-order valence-electron chi connectivity index (χ0n) is 11.2. The Kier molecular flexibility index (Phi) is 2.60. The number of aliphatic hydroxyl groups is 1. The SMILES string of the molecule is CC=C(C)C(=O)OC12CC3CC(CC(O)(C3)C1)C2. The number of rotatable bonds is 2. The molecule has 0 radical (unpaired) electrons. The van der Waals surface area contributed by atoms with Crippen LogP contribution < -0.4 is 0 Å². The molecule has 3 heteroatoms. The number of ether oxygens (including phenoxy) is 1. The monoisotopic (exact) mass is 250 g/mol. The second kappa shape index (κ2) is 3.83. The van der Waals surface area contributed by atoms with Gasteiger partial charge in [-0.2, -0.15) is 0 Å². The molecule has 1 N–H and O–H groups in total. The first-order valence-corrected chi connectivity index (χ1v) is 7.02. The molecule has 0 amide bonds. The first-order chi connectivity index (χ1) is 8.44. The molecular weight excluding hydrogens is 228 g/mol. The molecule has 4 bridgehead atoms. The van der Waals surface area contributed by atoms with Crippen molar-refractivity contribution in [3.8, 4) is 0 Å². The zero-order valence-corrected chi connectivity index (χ0v) is 11.2. The van der Waals surface area contributed by atoms with Crippen LogP contribution in [0.15, 0.2) is 11.6 Å². The highest BCUT2D eigenvalue weighted by molar-refractivity contribution is 5.88. The summed E-state index contributed by atoms with van der Waals surface area (Å²) in [5, 5.41) is 10.6. The standard InChI is InChI=1S/C15H22O3/c1-3-10(2)13(16)18-15-7-11-4-12(8-15)6-14(17,5-11)9-15/h3,11-12,17H,4-9H2,1-2H3. The highest BCUT2D eigenvalue weighted by Gasteiger charge is 2.59. The fraction of sp³-hybridized carbons (Fsp3) is 0.800. The normalized spacial score (nSPS) is 46.3. The average molecular weight is 250 g/mol. The summed E-state index contributed by atoms with van der Waals surface area (Å²) in [4.78, 5) is 12.0. The molecule has 4 saturated carbocycles. The molecule has 0 saturated heterocycles. The molecule has 0 aromatic carbocycles. The van der Waals surface area contributed by atoms with Gasteiger partial charge in [-0.3, -0.25) is 0 Å². The van der Waals surface area contributed by atoms with Gasteiger partial charge in [0.15, 0.2) is 0 Å². The van der Waals surface area contributed by atoms with Gasteiger partial charge < -0.3 is 9.84 Å². The Morgan fingerprint density at radius 2 is 1.89 bits per heavy atom. The van der Waals surface area contributed by atoms with E-state index in [2.05, 4.69) is 0 Å². The largest absolute Gasteiger partial charge is 0.456 e. The van der Waals surface area contributed by atoms with Gasteiger partial charge >= 0.3 is 5.97 Å². The molecule has 3 nitrogen and oxygen atoms in total. The molecule has 4 fully saturated rings. The second-order valence-electron chi connectivity index (χ2n) is 6.73. The van der Waals surface area contributed by atoms with Gasteiger partial charge in [-0.25, -0.2) is 4.79 Å². The maximum atomic E-state index is 12.0. The minimum atomic E-state index is -0.561. The minimum Gasteiger partial charge on any atom is -0.456 e. The summed E-state index contributed by atoms with van der Waals surface area (Å²) in [7, 11) is 0. The number of esters is 1. The van der Waals surface area contributed by atoms with Gasteiger partial charge in [0.25, 0.3) is 0 Å². The smallest absolute Gasteiger partial charge is 0.333 e. The van der Waals surface area contributed by atoms with Crippen molar-refractivity contribution in [1.82, 2.24) is 0 Å². The summed E-state index contributed by atoms with van der Waals surface area (Å²) in [6.45, 7) is 3.64. The van der Waals surface area contributed by atoms with Crippen LogP contribution in [0.1, 0.15) is 52.4 Å². The van der Waals surface area contributed by atoms with Crippen molar-refractivity contribution >= 4 is 5.97 Å². The van der Waals surface area contributed by atoms with Crippen LogP contribution in [0.4, 0.5) is 0 Å². The average Bonchev–Trinajstić information content (AvgIpc) is 2.23. The van der Waals surface area contributed by atoms with Crippen molar-refractivity contribution in [2.75, 3.05) is 0 Å². The van der Waals surface area contributed by atoms with Gasteiger partial charge in [0.1, 0.15) is 5.60 Å². The lowest BCUT2D eigenvalue weighted by Crippen LogP contribution is -2.60. The van der Waals surface area contributed by atoms with E-state index in [0.29, 0.717) is 23.8 Å². The molecule has 4 aliphatic carbocycles. The zero-order chi connectivity index (χ0) is 13.0. The Morgan fingerprint density at radius 3 is 2.39 bits per heavy atom. The topological polar surface area (TPSA) is 46.5 Å². The fourth-order valence-corrected chi connectivity index (χ4v) is 4.65. The second-order valence-corrected chi connectivity index (χ2v) is 6.73. The Bertz CT molecular complexity index is 396. The van der Waals surface area contributed by atoms with E-state index in [0.717, 1.165) is 25.7 Å². The van der Waals surface area contributed by atoms with Crippen LogP contribution in [-0.2, 0) is 9.53 Å². The van der Waals surface area contributed by atoms with Crippen LogP contribution in [0.5, 0.6) is 0 Å². The quantitative estimate of drug-likeness (QED) is 0.605. The lowest BCUT2D eigenvalue weighted by molar-refractivity contribution is -0.217. The van der Waals surface area contributed by atoms with E-state index in [9.17, 15) is 9.90 Å². The maximum absolute atomic E-state index is 12.0. The molecule has 0 heterocycles. The van der Waals surface area contributed by atoms with Crippen molar-refractivity contribution in [3.05, 3.63) is 11.6 Å². The molecule has 2 unspecified atom stereocenters. The summed E-state index contributed by atoms with van der Waals surface area (Å²) in [5.74, 6) is 0.896. The molecule has 4 aliphatic rings. The molecule has 0 aromatic rings. The predicted molar refractivity (Wildman–Crippen MR) is 67.9 cm³/mol. The third-order valence-corrected chi connectivity index (χ3v) is 5.04. The highest BCUT2D eigenvalue weighted by Crippen LogP contribution is 2.58. The third kappa shape index (κ3) is 1.89. The Labute approximate surface area is 108 Å². The molecule has 4 rings (SSSR count). The van der Waals surface area contributed by atoms with Crippen molar-refractivity contribution in [2.45, 2.75) is 63.6 Å². The van der Waals surface area contributed by atoms with Crippen LogP contribution in [0, 0.1) is 11.8 Å². The number of hydrogen-bond acceptors (Lipinski definition) is 3.